The average molecular weight is 300 g/mol. The molecule has 0 aromatic heterocycles. The molecule has 22 heavy (non-hydrogen) atoms. The second-order valence-corrected chi connectivity index (χ2v) is 4.88. The lowest BCUT2D eigenvalue weighted by molar-refractivity contribution is 0.337. The van der Waals surface area contributed by atoms with Crippen molar-refractivity contribution in [2.75, 3.05) is 20.8 Å². The van der Waals surface area contributed by atoms with E-state index in [1.807, 2.05) is 12.1 Å². The van der Waals surface area contributed by atoms with E-state index >= 15 is 0 Å². The number of phenols is 2. The molecule has 1 heterocycles. The van der Waals surface area contributed by atoms with Crippen LogP contribution in [0.2, 0.25) is 0 Å². The molecule has 2 N–H and O–H groups in total. The molecule has 114 valence electrons. The van der Waals surface area contributed by atoms with Gasteiger partial charge in [0.05, 0.1) is 14.2 Å². The molecular weight excluding hydrogens is 284 g/mol. The molecule has 0 radical (unpaired) electrons. The van der Waals surface area contributed by atoms with Gasteiger partial charge in [0.15, 0.2) is 11.5 Å². The largest absolute Gasteiger partial charge is 0.508 e. The fraction of sp³-hybridized carbons (Fsp3) is 0.176. The van der Waals surface area contributed by atoms with Gasteiger partial charge in [-0.1, -0.05) is 0 Å². The van der Waals surface area contributed by atoms with Crippen LogP contribution in [0.3, 0.4) is 0 Å². The van der Waals surface area contributed by atoms with E-state index in [9.17, 15) is 10.2 Å². The van der Waals surface area contributed by atoms with Gasteiger partial charge in [-0.15, -0.1) is 0 Å². The summed E-state index contributed by atoms with van der Waals surface area (Å²) in [7, 11) is 2.98. The molecule has 0 unspecified atom stereocenters. The third kappa shape index (κ3) is 2.30. The van der Waals surface area contributed by atoms with E-state index in [-0.39, 0.29) is 11.5 Å². The zero-order valence-electron chi connectivity index (χ0n) is 12.3. The van der Waals surface area contributed by atoms with Crippen molar-refractivity contribution in [3.8, 4) is 28.7 Å². The van der Waals surface area contributed by atoms with Crippen LogP contribution in [0.4, 0.5) is 0 Å². The van der Waals surface area contributed by atoms with Gasteiger partial charge in [-0.25, -0.2) is 0 Å². The lowest BCUT2D eigenvalue weighted by Crippen LogP contribution is -2.07. The summed E-state index contributed by atoms with van der Waals surface area (Å²) in [5.41, 5.74) is 2.46. The van der Waals surface area contributed by atoms with Gasteiger partial charge >= 0.3 is 0 Å². The molecule has 0 saturated carbocycles. The van der Waals surface area contributed by atoms with Crippen LogP contribution in [-0.4, -0.2) is 31.0 Å². The third-order valence-electron chi connectivity index (χ3n) is 3.57. The number of ether oxygens (including phenoxy) is 3. The molecule has 0 atom stereocenters. The van der Waals surface area contributed by atoms with E-state index in [0.717, 1.165) is 16.7 Å². The van der Waals surface area contributed by atoms with Crippen LogP contribution in [0.1, 0.15) is 11.1 Å². The van der Waals surface area contributed by atoms with Crippen LogP contribution in [0.25, 0.3) is 11.6 Å². The summed E-state index contributed by atoms with van der Waals surface area (Å²) >= 11 is 0. The standard InChI is InChI=1S/C17H16O5/c1-20-14-6-5-13(17(21-2)16(14)19)11-7-10-3-4-12(18)8-15(10)22-9-11/h3-8,18-19H,9H2,1-2H3. The highest BCUT2D eigenvalue weighted by Crippen LogP contribution is 2.43. The second-order valence-electron chi connectivity index (χ2n) is 4.88. The first-order valence-electron chi connectivity index (χ1n) is 6.74. The smallest absolute Gasteiger partial charge is 0.201 e. The van der Waals surface area contributed by atoms with E-state index < -0.39 is 0 Å². The van der Waals surface area contributed by atoms with E-state index in [2.05, 4.69) is 0 Å². The number of hydrogen-bond acceptors (Lipinski definition) is 5. The summed E-state index contributed by atoms with van der Waals surface area (Å²) < 4.78 is 16.1. The number of aromatic hydroxyl groups is 2. The summed E-state index contributed by atoms with van der Waals surface area (Å²) in [6, 6.07) is 8.45. The summed E-state index contributed by atoms with van der Waals surface area (Å²) in [6.07, 6.45) is 1.95. The lowest BCUT2D eigenvalue weighted by Gasteiger charge is -2.20. The molecule has 0 amide bonds. The van der Waals surface area contributed by atoms with Gasteiger partial charge in [-0.3, -0.25) is 0 Å². The number of rotatable bonds is 3. The van der Waals surface area contributed by atoms with Crippen LogP contribution in [-0.2, 0) is 0 Å². The van der Waals surface area contributed by atoms with Crippen molar-refractivity contribution in [1.29, 1.82) is 0 Å². The van der Waals surface area contributed by atoms with Crippen molar-refractivity contribution in [3.05, 3.63) is 41.5 Å². The first kappa shape index (κ1) is 14.1. The Labute approximate surface area is 128 Å². The van der Waals surface area contributed by atoms with Crippen molar-refractivity contribution in [2.45, 2.75) is 0 Å². The molecule has 1 aliphatic heterocycles. The van der Waals surface area contributed by atoms with Crippen molar-refractivity contribution in [2.24, 2.45) is 0 Å². The maximum Gasteiger partial charge on any atom is 0.201 e. The van der Waals surface area contributed by atoms with Crippen molar-refractivity contribution >= 4 is 11.6 Å². The number of phenolic OH excluding ortho intramolecular Hbond substituents is 2. The Morgan fingerprint density at radius 1 is 1.05 bits per heavy atom. The topological polar surface area (TPSA) is 68.2 Å². The Kier molecular flexibility index (Phi) is 3.55. The fourth-order valence-corrected chi connectivity index (χ4v) is 2.48. The van der Waals surface area contributed by atoms with Crippen molar-refractivity contribution in [1.82, 2.24) is 0 Å². The summed E-state index contributed by atoms with van der Waals surface area (Å²) in [6.45, 7) is 0.318. The highest BCUT2D eigenvalue weighted by atomic mass is 16.5. The molecule has 0 bridgehead atoms. The summed E-state index contributed by atoms with van der Waals surface area (Å²) in [5, 5.41) is 19.7. The number of fused-ring (bicyclic) bond motifs is 1. The van der Waals surface area contributed by atoms with Gasteiger partial charge in [0, 0.05) is 22.8 Å². The predicted molar refractivity (Wildman–Crippen MR) is 82.7 cm³/mol. The molecule has 0 saturated heterocycles. The predicted octanol–water partition coefficient (Wildman–Crippen LogP) is 3.05. The molecule has 3 rings (SSSR count). The second kappa shape index (κ2) is 5.52. The molecule has 0 aliphatic carbocycles. The Morgan fingerprint density at radius 3 is 2.59 bits per heavy atom. The molecule has 2 aromatic carbocycles. The number of hydrogen-bond donors (Lipinski definition) is 2. The van der Waals surface area contributed by atoms with Crippen LogP contribution >= 0.6 is 0 Å². The van der Waals surface area contributed by atoms with Crippen LogP contribution < -0.4 is 14.2 Å². The van der Waals surface area contributed by atoms with Crippen LogP contribution in [0, 0.1) is 0 Å². The van der Waals surface area contributed by atoms with Crippen LogP contribution in [0.5, 0.6) is 28.7 Å². The molecule has 5 nitrogen and oxygen atoms in total. The highest BCUT2D eigenvalue weighted by molar-refractivity contribution is 5.89. The van der Waals surface area contributed by atoms with Crippen LogP contribution in [0.15, 0.2) is 30.3 Å². The molecular formula is C17H16O5. The highest BCUT2D eigenvalue weighted by Gasteiger charge is 2.20. The molecule has 0 fully saturated rings. The summed E-state index contributed by atoms with van der Waals surface area (Å²) in [4.78, 5) is 0. The first-order chi connectivity index (χ1) is 10.6. The third-order valence-corrected chi connectivity index (χ3v) is 3.57. The van der Waals surface area contributed by atoms with Gasteiger partial charge in [-0.2, -0.15) is 0 Å². The zero-order valence-corrected chi connectivity index (χ0v) is 12.3. The molecule has 5 heteroatoms. The number of benzene rings is 2. The Balaban J connectivity index is 2.09. The summed E-state index contributed by atoms with van der Waals surface area (Å²) in [5.74, 6) is 1.44. The normalized spacial score (nSPS) is 12.9. The Hall–Kier alpha value is -2.82. The number of methoxy groups -OCH3 is 2. The fourth-order valence-electron chi connectivity index (χ4n) is 2.48. The van der Waals surface area contributed by atoms with E-state index in [1.54, 1.807) is 24.3 Å². The van der Waals surface area contributed by atoms with Gasteiger partial charge in [-0.05, 0) is 30.3 Å². The lowest BCUT2D eigenvalue weighted by atomic mass is 9.99. The maximum atomic E-state index is 10.2. The molecule has 2 aromatic rings. The SMILES string of the molecule is COc1ccc(C2=Cc3ccc(O)cc3OC2)c(OC)c1O. The van der Waals surface area contributed by atoms with Gasteiger partial charge < -0.3 is 24.4 Å². The van der Waals surface area contributed by atoms with E-state index in [4.69, 9.17) is 14.2 Å². The minimum atomic E-state index is -0.0418. The average Bonchev–Trinajstić information content (AvgIpc) is 2.54. The zero-order chi connectivity index (χ0) is 15.7. The first-order valence-corrected chi connectivity index (χ1v) is 6.74. The van der Waals surface area contributed by atoms with Crippen molar-refractivity contribution in [3.63, 3.8) is 0 Å². The van der Waals surface area contributed by atoms with Gasteiger partial charge in [0.2, 0.25) is 5.75 Å². The minimum Gasteiger partial charge on any atom is -0.508 e. The molecule has 1 aliphatic rings. The monoisotopic (exact) mass is 300 g/mol. The maximum absolute atomic E-state index is 10.2. The Bertz CT molecular complexity index is 749. The van der Waals surface area contributed by atoms with E-state index in [0.29, 0.717) is 23.9 Å². The molecule has 0 spiro atoms. The minimum absolute atomic E-state index is 0.0418. The quantitative estimate of drug-likeness (QED) is 0.912. The van der Waals surface area contributed by atoms with E-state index in [1.165, 1.54) is 14.2 Å². The van der Waals surface area contributed by atoms with Gasteiger partial charge in [0.1, 0.15) is 18.1 Å². The Morgan fingerprint density at radius 2 is 1.86 bits per heavy atom. The van der Waals surface area contributed by atoms with Crippen molar-refractivity contribution < 1.29 is 24.4 Å². The van der Waals surface area contributed by atoms with Gasteiger partial charge in [0.25, 0.3) is 0 Å².